The molecule has 2 heterocycles. The number of aliphatic hydroxyl groups is 1. The zero-order chi connectivity index (χ0) is 35.3. The first kappa shape index (κ1) is 38.1. The smallest absolute Gasteiger partial charge is 0.316 e. The summed E-state index contributed by atoms with van der Waals surface area (Å²) in [6, 6.07) is -8.41. The largest absolute Gasteiger partial charge is 0.372 e. The molecule has 1 unspecified atom stereocenters. The molecule has 0 aromatic rings. The number of aliphatic hydroxyl groups excluding tert-OH is 1. The number of nitrogens with two attached hydrogens (primary N) is 5. The Kier molecular flexibility index (Phi) is 14.7. The molecule has 0 bridgehead atoms. The summed E-state index contributed by atoms with van der Waals surface area (Å²) in [7, 11) is 0. The lowest BCUT2D eigenvalue weighted by molar-refractivity contribution is -0.133. The second-order valence-corrected chi connectivity index (χ2v) is 10.8. The molecular formula is C25H44N14O8. The van der Waals surface area contributed by atoms with E-state index in [0.717, 1.165) is 6.20 Å². The van der Waals surface area contributed by atoms with Gasteiger partial charge >= 0.3 is 6.03 Å². The van der Waals surface area contributed by atoms with Crippen molar-refractivity contribution >= 4 is 47.4 Å². The van der Waals surface area contributed by atoms with Gasteiger partial charge in [-0.25, -0.2) is 9.79 Å². The molecule has 2 rings (SSSR count). The second kappa shape index (κ2) is 18.2. The van der Waals surface area contributed by atoms with Crippen molar-refractivity contribution in [2.24, 2.45) is 33.7 Å². The lowest BCUT2D eigenvalue weighted by atomic mass is 10.0. The number of hydrogen-bond acceptors (Lipinski definition) is 14. The Morgan fingerprint density at radius 3 is 2.40 bits per heavy atom. The number of guanidine groups is 1. The first-order valence-corrected chi connectivity index (χ1v) is 14.6. The number of rotatable bonds is 9. The third-order valence-electron chi connectivity index (χ3n) is 6.87. The molecule has 22 nitrogen and oxygen atoms in total. The monoisotopic (exact) mass is 668 g/mol. The molecule has 1 saturated heterocycles. The van der Waals surface area contributed by atoms with E-state index in [1.165, 1.54) is 6.92 Å². The summed E-state index contributed by atoms with van der Waals surface area (Å²) in [5.41, 5.74) is 27.5. The summed E-state index contributed by atoms with van der Waals surface area (Å²) in [4.78, 5) is 93.5. The zero-order valence-corrected chi connectivity index (χ0v) is 25.7. The van der Waals surface area contributed by atoms with E-state index in [-0.39, 0.29) is 18.8 Å². The molecule has 0 saturated carbocycles. The van der Waals surface area contributed by atoms with Gasteiger partial charge < -0.3 is 76.3 Å². The fourth-order valence-electron chi connectivity index (χ4n) is 4.35. The number of urea groups is 1. The second-order valence-electron chi connectivity index (χ2n) is 10.8. The van der Waals surface area contributed by atoms with Gasteiger partial charge in [-0.3, -0.25) is 28.8 Å². The molecule has 7 atom stereocenters. The van der Waals surface area contributed by atoms with Crippen LogP contribution in [0.3, 0.4) is 0 Å². The predicted octanol–water partition coefficient (Wildman–Crippen LogP) is -7.89. The number of carbonyl (C=O) groups is 7. The van der Waals surface area contributed by atoms with Crippen LogP contribution in [-0.4, -0.2) is 115 Å². The Labute approximate surface area is 269 Å². The maximum Gasteiger partial charge on any atom is 0.316 e. The molecule has 2 aliphatic heterocycles. The van der Waals surface area contributed by atoms with E-state index in [0.29, 0.717) is 19.4 Å². The SMILES string of the molecule is C[C@@H]1NC(=O)[C@@H](N)CNC(=O)[C@H](C2C[C@@H](O)N=C(N)N2)NC(=O)C(=CNC(N)=O)NC(=O)[C@H](CNC(=O)C[C@@H](N)CCCN)NC1=O. The number of carbonyl (C=O) groups excluding carboxylic acids is 7. The Morgan fingerprint density at radius 1 is 1.06 bits per heavy atom. The third kappa shape index (κ3) is 12.7. The molecule has 8 amide bonds. The average Bonchev–Trinajstić information content (AvgIpc) is 2.99. The van der Waals surface area contributed by atoms with Crippen LogP contribution >= 0.6 is 0 Å². The maximum absolute atomic E-state index is 13.5. The van der Waals surface area contributed by atoms with Crippen LogP contribution in [0.5, 0.6) is 0 Å². The first-order chi connectivity index (χ1) is 22.1. The van der Waals surface area contributed by atoms with Crippen LogP contribution in [0.25, 0.3) is 0 Å². The molecule has 0 spiro atoms. The number of nitrogens with one attached hydrogen (secondary N) is 8. The van der Waals surface area contributed by atoms with Gasteiger partial charge in [0.15, 0.2) is 12.2 Å². The molecule has 0 aromatic heterocycles. The number of amides is 8. The van der Waals surface area contributed by atoms with E-state index in [2.05, 4.69) is 42.2 Å². The van der Waals surface area contributed by atoms with Gasteiger partial charge in [0.05, 0.1) is 6.04 Å². The number of hydrogen-bond donors (Lipinski definition) is 14. The molecule has 1 fully saturated rings. The minimum Gasteiger partial charge on any atom is -0.372 e. The van der Waals surface area contributed by atoms with Crippen molar-refractivity contribution < 1.29 is 38.7 Å². The normalized spacial score (nSPS) is 27.9. The van der Waals surface area contributed by atoms with Crippen molar-refractivity contribution in [3.8, 4) is 0 Å². The highest BCUT2D eigenvalue weighted by Crippen LogP contribution is 2.11. The fourth-order valence-corrected chi connectivity index (χ4v) is 4.35. The summed E-state index contributed by atoms with van der Waals surface area (Å²) >= 11 is 0. The van der Waals surface area contributed by atoms with Crippen molar-refractivity contribution in [2.75, 3.05) is 19.6 Å². The van der Waals surface area contributed by atoms with Gasteiger partial charge in [-0.15, -0.1) is 0 Å². The summed E-state index contributed by atoms with van der Waals surface area (Å²) in [6.45, 7) is 0.730. The molecule has 19 N–H and O–H groups in total. The van der Waals surface area contributed by atoms with Crippen molar-refractivity contribution in [2.45, 2.75) is 75.1 Å². The van der Waals surface area contributed by atoms with E-state index in [9.17, 15) is 38.7 Å². The van der Waals surface area contributed by atoms with Crippen molar-refractivity contribution in [3.63, 3.8) is 0 Å². The molecule has 262 valence electrons. The molecular weight excluding hydrogens is 624 g/mol. The van der Waals surface area contributed by atoms with Gasteiger partial charge in [0.25, 0.3) is 5.91 Å². The summed E-state index contributed by atoms with van der Waals surface area (Å²) in [5, 5.41) is 29.0. The van der Waals surface area contributed by atoms with Crippen LogP contribution in [0.1, 0.15) is 32.6 Å². The average molecular weight is 669 g/mol. The van der Waals surface area contributed by atoms with E-state index in [1.807, 2.05) is 5.32 Å². The van der Waals surface area contributed by atoms with E-state index in [1.54, 1.807) is 0 Å². The van der Waals surface area contributed by atoms with Crippen molar-refractivity contribution in [1.82, 2.24) is 42.5 Å². The standard InChI is InChI=1S/C25H44N14O8/c1-10-19(42)35-14(8-31-16(40)5-11(27)3-2-4-26)21(44)36-15(9-33-25(30)47)22(45)39-18(13-6-17(41)38-24(29)37-13)23(46)32-7-12(28)20(43)34-10/h9-14,17-18,41H,2-8,26-28H2,1H3,(H,31,40)(H,32,46)(H,34,43)(H,35,42)(H,36,44)(H,39,45)(H3,29,37,38)(H3,30,33,47)/t10-,11-,12-,13?,14-,17+,18-/m0/s1. The molecule has 2 aliphatic rings. The van der Waals surface area contributed by atoms with E-state index >= 15 is 0 Å². The summed E-state index contributed by atoms with van der Waals surface area (Å²) in [5.74, 6) is -5.62. The van der Waals surface area contributed by atoms with Gasteiger partial charge in [0, 0.05) is 38.2 Å². The highest BCUT2D eigenvalue weighted by atomic mass is 16.3. The highest BCUT2D eigenvalue weighted by molar-refractivity contribution is 6.02. The zero-order valence-electron chi connectivity index (χ0n) is 25.7. The number of primary amides is 1. The highest BCUT2D eigenvalue weighted by Gasteiger charge is 2.36. The van der Waals surface area contributed by atoms with Crippen LogP contribution < -0.4 is 71.2 Å². The Balaban J connectivity index is 2.44. The molecule has 0 radical (unpaired) electrons. The quantitative estimate of drug-likeness (QED) is 0.102. The summed E-state index contributed by atoms with van der Waals surface area (Å²) < 4.78 is 0. The number of nitrogens with zero attached hydrogens (tertiary/aromatic N) is 1. The van der Waals surface area contributed by atoms with Crippen LogP contribution in [0.15, 0.2) is 16.9 Å². The van der Waals surface area contributed by atoms with Gasteiger partial charge in [-0.2, -0.15) is 0 Å². The van der Waals surface area contributed by atoms with Crippen LogP contribution in [0.4, 0.5) is 4.79 Å². The topological polar surface area (TPSA) is 378 Å². The Hall–Kier alpha value is -5.06. The molecule has 0 aromatic carbocycles. The van der Waals surface area contributed by atoms with Crippen LogP contribution in [0, 0.1) is 0 Å². The molecule has 22 heteroatoms. The lowest BCUT2D eigenvalue weighted by Gasteiger charge is -2.32. The third-order valence-corrected chi connectivity index (χ3v) is 6.87. The minimum absolute atomic E-state index is 0.120. The van der Waals surface area contributed by atoms with Crippen LogP contribution in [-0.2, 0) is 28.8 Å². The minimum atomic E-state index is -1.55. The van der Waals surface area contributed by atoms with Gasteiger partial charge in [-0.05, 0) is 26.3 Å². The van der Waals surface area contributed by atoms with E-state index in [4.69, 9.17) is 28.7 Å². The van der Waals surface area contributed by atoms with Crippen molar-refractivity contribution in [1.29, 1.82) is 0 Å². The summed E-state index contributed by atoms with van der Waals surface area (Å²) in [6.07, 6.45) is 0.109. The lowest BCUT2D eigenvalue weighted by Crippen LogP contribution is -2.64. The predicted molar refractivity (Wildman–Crippen MR) is 164 cm³/mol. The van der Waals surface area contributed by atoms with Crippen molar-refractivity contribution in [3.05, 3.63) is 11.9 Å². The Bertz CT molecular complexity index is 1260. The molecule has 47 heavy (non-hydrogen) atoms. The van der Waals surface area contributed by atoms with Gasteiger partial charge in [0.1, 0.15) is 29.9 Å². The van der Waals surface area contributed by atoms with E-state index < -0.39 is 103 Å². The van der Waals surface area contributed by atoms with Gasteiger partial charge in [0.2, 0.25) is 29.5 Å². The first-order valence-electron chi connectivity index (χ1n) is 14.6. The number of aliphatic imine (C=N–C) groups is 1. The molecule has 0 aliphatic carbocycles. The van der Waals surface area contributed by atoms with Gasteiger partial charge in [-0.1, -0.05) is 0 Å². The van der Waals surface area contributed by atoms with Crippen LogP contribution in [0.2, 0.25) is 0 Å². The fraction of sp³-hybridized carbons (Fsp3) is 0.600. The Morgan fingerprint density at radius 2 is 1.77 bits per heavy atom. The maximum atomic E-state index is 13.5.